The molecule has 1 aromatic rings. The molecule has 0 fully saturated rings. The Morgan fingerprint density at radius 3 is 2.54 bits per heavy atom. The van der Waals surface area contributed by atoms with E-state index in [4.69, 9.17) is 0 Å². The van der Waals surface area contributed by atoms with Gasteiger partial charge in [0.15, 0.2) is 0 Å². The van der Waals surface area contributed by atoms with Crippen molar-refractivity contribution in [2.24, 2.45) is 16.9 Å². The quantitative estimate of drug-likeness (QED) is 0.742. The molecule has 1 heterocycles. The first-order valence-corrected chi connectivity index (χ1v) is 8.79. The van der Waals surface area contributed by atoms with E-state index in [1.807, 2.05) is 44.2 Å². The minimum absolute atomic E-state index is 0.0536. The van der Waals surface area contributed by atoms with E-state index in [1.54, 1.807) is 0 Å². The van der Waals surface area contributed by atoms with Crippen LogP contribution in [0.4, 0.5) is 0 Å². The molecule has 2 amide bonds. The zero-order chi connectivity index (χ0) is 19.1. The highest BCUT2D eigenvalue weighted by Crippen LogP contribution is 2.14. The first-order chi connectivity index (χ1) is 12.4. The largest absolute Gasteiger partial charge is 0.481 e. The summed E-state index contributed by atoms with van der Waals surface area (Å²) in [5, 5.41) is 17.4. The zero-order valence-electron chi connectivity index (χ0n) is 15.1. The van der Waals surface area contributed by atoms with Crippen LogP contribution in [0.2, 0.25) is 0 Å². The molecule has 140 valence electrons. The van der Waals surface area contributed by atoms with E-state index >= 15 is 0 Å². The SMILES string of the molecule is CC(C)CC(CNC(=O)C1=NN(Cc2ccccc2)C(=O)CC1)C(=O)O. The van der Waals surface area contributed by atoms with Crippen LogP contribution < -0.4 is 5.32 Å². The maximum atomic E-state index is 12.3. The number of carbonyl (C=O) groups is 3. The van der Waals surface area contributed by atoms with Gasteiger partial charge in [-0.1, -0.05) is 44.2 Å². The average Bonchev–Trinajstić information content (AvgIpc) is 2.60. The summed E-state index contributed by atoms with van der Waals surface area (Å²) in [6.07, 6.45) is 0.964. The summed E-state index contributed by atoms with van der Waals surface area (Å²) in [5.74, 6) is -1.88. The second-order valence-electron chi connectivity index (χ2n) is 6.86. The fourth-order valence-corrected chi connectivity index (χ4v) is 2.80. The highest BCUT2D eigenvalue weighted by Gasteiger charge is 2.26. The number of amides is 2. The standard InChI is InChI=1S/C19H25N3O4/c1-13(2)10-15(19(25)26)11-20-18(24)16-8-9-17(23)22(21-16)12-14-6-4-3-5-7-14/h3-7,13,15H,8-12H2,1-2H3,(H,20,24)(H,25,26). The van der Waals surface area contributed by atoms with Gasteiger partial charge in [-0.25, -0.2) is 5.01 Å². The Kier molecular flexibility index (Phi) is 6.89. The van der Waals surface area contributed by atoms with Crippen molar-refractivity contribution in [1.29, 1.82) is 0 Å². The van der Waals surface area contributed by atoms with E-state index in [2.05, 4.69) is 10.4 Å². The number of nitrogens with zero attached hydrogens (tertiary/aromatic N) is 2. The topological polar surface area (TPSA) is 99.1 Å². The van der Waals surface area contributed by atoms with Crippen molar-refractivity contribution in [3.05, 3.63) is 35.9 Å². The molecule has 1 unspecified atom stereocenters. The number of benzene rings is 1. The summed E-state index contributed by atoms with van der Waals surface area (Å²) < 4.78 is 0. The summed E-state index contributed by atoms with van der Waals surface area (Å²) in [5.41, 5.74) is 1.18. The van der Waals surface area contributed by atoms with Crippen molar-refractivity contribution in [2.45, 2.75) is 39.7 Å². The molecule has 2 rings (SSSR count). The first kappa shape index (κ1) is 19.6. The Morgan fingerprint density at radius 2 is 1.92 bits per heavy atom. The van der Waals surface area contributed by atoms with Crippen molar-refractivity contribution >= 4 is 23.5 Å². The number of rotatable bonds is 8. The lowest BCUT2D eigenvalue weighted by molar-refractivity contribution is -0.142. The van der Waals surface area contributed by atoms with Gasteiger partial charge in [0.1, 0.15) is 5.71 Å². The number of aliphatic carboxylic acids is 1. The maximum absolute atomic E-state index is 12.3. The van der Waals surface area contributed by atoms with Crippen molar-refractivity contribution in [2.75, 3.05) is 6.54 Å². The van der Waals surface area contributed by atoms with E-state index < -0.39 is 17.8 Å². The molecule has 2 N–H and O–H groups in total. The van der Waals surface area contributed by atoms with Crippen LogP contribution in [0, 0.1) is 11.8 Å². The Hall–Kier alpha value is -2.70. The molecule has 0 spiro atoms. The van der Waals surface area contributed by atoms with Crippen LogP contribution in [-0.4, -0.2) is 40.2 Å². The Morgan fingerprint density at radius 1 is 1.23 bits per heavy atom. The Balaban J connectivity index is 1.99. The lowest BCUT2D eigenvalue weighted by Crippen LogP contribution is -2.41. The van der Waals surface area contributed by atoms with Crippen LogP contribution >= 0.6 is 0 Å². The molecule has 0 bridgehead atoms. The highest BCUT2D eigenvalue weighted by atomic mass is 16.4. The van der Waals surface area contributed by atoms with Gasteiger partial charge in [0.05, 0.1) is 12.5 Å². The number of hydrogen-bond donors (Lipinski definition) is 2. The molecule has 26 heavy (non-hydrogen) atoms. The minimum atomic E-state index is -0.925. The van der Waals surface area contributed by atoms with Crippen LogP contribution in [-0.2, 0) is 20.9 Å². The van der Waals surface area contributed by atoms with E-state index in [1.165, 1.54) is 5.01 Å². The molecule has 1 aliphatic heterocycles. The van der Waals surface area contributed by atoms with E-state index in [0.29, 0.717) is 13.0 Å². The molecule has 0 saturated heterocycles. The van der Waals surface area contributed by atoms with Crippen LogP contribution in [0.25, 0.3) is 0 Å². The molecular weight excluding hydrogens is 334 g/mol. The first-order valence-electron chi connectivity index (χ1n) is 8.79. The molecule has 1 aromatic carbocycles. The molecule has 7 nitrogen and oxygen atoms in total. The second kappa shape index (κ2) is 9.12. The third-order valence-electron chi connectivity index (χ3n) is 4.16. The number of hydrogen-bond acceptors (Lipinski definition) is 4. The van der Waals surface area contributed by atoms with Gasteiger partial charge in [-0.3, -0.25) is 14.4 Å². The molecule has 1 atom stereocenters. The van der Waals surface area contributed by atoms with E-state index in [9.17, 15) is 19.5 Å². The smallest absolute Gasteiger partial charge is 0.308 e. The van der Waals surface area contributed by atoms with Crippen molar-refractivity contribution < 1.29 is 19.5 Å². The fraction of sp³-hybridized carbons (Fsp3) is 0.474. The van der Waals surface area contributed by atoms with Crippen molar-refractivity contribution in [3.63, 3.8) is 0 Å². The minimum Gasteiger partial charge on any atom is -0.481 e. The number of nitrogens with one attached hydrogen (secondary N) is 1. The van der Waals surface area contributed by atoms with Crippen molar-refractivity contribution in [3.8, 4) is 0 Å². The predicted octanol–water partition coefficient (Wildman–Crippen LogP) is 2.03. The van der Waals surface area contributed by atoms with Gasteiger partial charge < -0.3 is 10.4 Å². The summed E-state index contributed by atoms with van der Waals surface area (Å²) in [6, 6.07) is 9.42. The molecule has 0 radical (unpaired) electrons. The molecular formula is C19H25N3O4. The summed E-state index contributed by atoms with van der Waals surface area (Å²) >= 11 is 0. The zero-order valence-corrected chi connectivity index (χ0v) is 15.1. The average molecular weight is 359 g/mol. The number of carboxylic acid groups (broad SMARTS) is 1. The number of carbonyl (C=O) groups excluding carboxylic acids is 2. The van der Waals surface area contributed by atoms with Gasteiger partial charge in [0, 0.05) is 19.4 Å². The van der Waals surface area contributed by atoms with E-state index in [0.717, 1.165) is 5.56 Å². The summed E-state index contributed by atoms with van der Waals surface area (Å²) in [7, 11) is 0. The third-order valence-corrected chi connectivity index (χ3v) is 4.16. The van der Waals surface area contributed by atoms with Gasteiger partial charge in [-0.05, 0) is 17.9 Å². The maximum Gasteiger partial charge on any atom is 0.308 e. The lowest BCUT2D eigenvalue weighted by Gasteiger charge is -2.23. The van der Waals surface area contributed by atoms with Gasteiger partial charge in [-0.2, -0.15) is 5.10 Å². The van der Waals surface area contributed by atoms with E-state index in [-0.39, 0.29) is 36.9 Å². The van der Waals surface area contributed by atoms with Crippen molar-refractivity contribution in [1.82, 2.24) is 10.3 Å². The molecule has 1 aliphatic rings. The number of carboxylic acids is 1. The lowest BCUT2D eigenvalue weighted by atomic mass is 9.97. The summed E-state index contributed by atoms with van der Waals surface area (Å²) in [6.45, 7) is 4.24. The Labute approximate surface area is 153 Å². The van der Waals surface area contributed by atoms with Gasteiger partial charge >= 0.3 is 5.97 Å². The second-order valence-corrected chi connectivity index (χ2v) is 6.86. The number of hydrazone groups is 1. The predicted molar refractivity (Wildman–Crippen MR) is 97.3 cm³/mol. The molecule has 7 heteroatoms. The molecule has 0 aromatic heterocycles. The van der Waals surface area contributed by atoms with Gasteiger partial charge in [-0.15, -0.1) is 0 Å². The van der Waals surface area contributed by atoms with Gasteiger partial charge in [0.2, 0.25) is 5.91 Å². The summed E-state index contributed by atoms with van der Waals surface area (Å²) in [4.78, 5) is 35.7. The van der Waals surface area contributed by atoms with Crippen LogP contribution in [0.3, 0.4) is 0 Å². The van der Waals surface area contributed by atoms with Crippen LogP contribution in [0.5, 0.6) is 0 Å². The van der Waals surface area contributed by atoms with Crippen LogP contribution in [0.15, 0.2) is 35.4 Å². The monoisotopic (exact) mass is 359 g/mol. The highest BCUT2D eigenvalue weighted by molar-refractivity contribution is 6.39. The van der Waals surface area contributed by atoms with Crippen LogP contribution in [0.1, 0.15) is 38.7 Å². The molecule has 0 saturated carbocycles. The van der Waals surface area contributed by atoms with Gasteiger partial charge in [0.25, 0.3) is 5.91 Å². The fourth-order valence-electron chi connectivity index (χ4n) is 2.80. The third kappa shape index (κ3) is 5.68. The molecule has 0 aliphatic carbocycles. The normalized spacial score (nSPS) is 15.6. The Bertz CT molecular complexity index is 685.